The van der Waals surface area contributed by atoms with E-state index in [-0.39, 0.29) is 23.6 Å². The van der Waals surface area contributed by atoms with E-state index >= 15 is 0 Å². The minimum atomic E-state index is -0.545. The monoisotopic (exact) mass is 336 g/mol. The molecule has 128 valence electrons. The van der Waals surface area contributed by atoms with Crippen LogP contribution in [0.15, 0.2) is 48.5 Å². The summed E-state index contributed by atoms with van der Waals surface area (Å²) in [6.45, 7) is 0.177. The van der Waals surface area contributed by atoms with Crippen molar-refractivity contribution in [1.29, 1.82) is 0 Å². The maximum Gasteiger partial charge on any atom is 0.338 e. The second-order valence-electron chi connectivity index (χ2n) is 5.43. The molecule has 0 aliphatic heterocycles. The van der Waals surface area contributed by atoms with E-state index in [2.05, 4.69) is 17.2 Å². The standard InChI is InChI=1S/C20H20N2O3/c1-22(2)18-13-7-4-9-15(18)10-8-14-21-19(23)16-11-5-6-12-17(16)20(24)25-3/h4-7,9,11-13H,14H2,1-3H3,(H,21,23). The lowest BCUT2D eigenvalue weighted by atomic mass is 10.1. The summed E-state index contributed by atoms with van der Waals surface area (Å²) in [7, 11) is 5.18. The fourth-order valence-corrected chi connectivity index (χ4v) is 2.30. The summed E-state index contributed by atoms with van der Waals surface area (Å²) in [5, 5.41) is 2.70. The first kappa shape index (κ1) is 18.1. The number of esters is 1. The van der Waals surface area contributed by atoms with Crippen LogP contribution in [0, 0.1) is 11.8 Å². The second kappa shape index (κ2) is 8.55. The molecule has 0 unspecified atom stereocenters. The van der Waals surface area contributed by atoms with Crippen molar-refractivity contribution in [2.45, 2.75) is 0 Å². The van der Waals surface area contributed by atoms with Gasteiger partial charge in [-0.15, -0.1) is 0 Å². The molecule has 0 heterocycles. The number of nitrogens with one attached hydrogen (secondary N) is 1. The molecule has 0 aliphatic carbocycles. The van der Waals surface area contributed by atoms with Crippen LogP contribution in [0.25, 0.3) is 0 Å². The number of carbonyl (C=O) groups excluding carboxylic acids is 2. The molecule has 0 spiro atoms. The number of amides is 1. The Morgan fingerprint density at radius 3 is 2.36 bits per heavy atom. The van der Waals surface area contributed by atoms with Crippen molar-refractivity contribution < 1.29 is 14.3 Å². The van der Waals surface area contributed by atoms with Crippen molar-refractivity contribution in [2.24, 2.45) is 0 Å². The maximum absolute atomic E-state index is 12.3. The Morgan fingerprint density at radius 1 is 1.04 bits per heavy atom. The van der Waals surface area contributed by atoms with Gasteiger partial charge in [-0.05, 0) is 24.3 Å². The van der Waals surface area contributed by atoms with Gasteiger partial charge in [0.2, 0.25) is 0 Å². The molecule has 0 saturated heterocycles. The first-order valence-electron chi connectivity index (χ1n) is 7.75. The lowest BCUT2D eigenvalue weighted by molar-refractivity contribution is 0.0596. The van der Waals surface area contributed by atoms with Crippen LogP contribution in [0.4, 0.5) is 5.69 Å². The quantitative estimate of drug-likeness (QED) is 0.688. The van der Waals surface area contributed by atoms with Crippen LogP contribution in [0.1, 0.15) is 26.3 Å². The van der Waals surface area contributed by atoms with E-state index in [0.29, 0.717) is 0 Å². The van der Waals surface area contributed by atoms with Gasteiger partial charge in [0.15, 0.2) is 0 Å². The van der Waals surface area contributed by atoms with Crippen molar-refractivity contribution in [1.82, 2.24) is 5.32 Å². The third kappa shape index (κ3) is 4.61. The summed E-state index contributed by atoms with van der Waals surface area (Å²) in [6, 6.07) is 14.3. The van der Waals surface area contributed by atoms with Gasteiger partial charge in [0, 0.05) is 19.7 Å². The molecule has 5 nitrogen and oxygen atoms in total. The molecule has 5 heteroatoms. The van der Waals surface area contributed by atoms with Gasteiger partial charge in [-0.1, -0.05) is 36.1 Å². The largest absolute Gasteiger partial charge is 0.465 e. The zero-order valence-corrected chi connectivity index (χ0v) is 14.5. The highest BCUT2D eigenvalue weighted by Crippen LogP contribution is 2.16. The van der Waals surface area contributed by atoms with Gasteiger partial charge >= 0.3 is 5.97 Å². The molecule has 0 radical (unpaired) electrons. The number of methoxy groups -OCH3 is 1. The fourth-order valence-electron chi connectivity index (χ4n) is 2.30. The Kier molecular flexibility index (Phi) is 6.19. The van der Waals surface area contributed by atoms with E-state index in [1.165, 1.54) is 7.11 Å². The minimum absolute atomic E-state index is 0.177. The summed E-state index contributed by atoms with van der Waals surface area (Å²) in [5.41, 5.74) is 2.40. The molecule has 1 amide bonds. The van der Waals surface area contributed by atoms with Gasteiger partial charge in [-0.25, -0.2) is 4.79 Å². The maximum atomic E-state index is 12.3. The third-order valence-corrected chi connectivity index (χ3v) is 3.52. The van der Waals surface area contributed by atoms with Crippen molar-refractivity contribution >= 4 is 17.6 Å². The lowest BCUT2D eigenvalue weighted by Gasteiger charge is -2.13. The number of nitrogens with zero attached hydrogens (tertiary/aromatic N) is 1. The van der Waals surface area contributed by atoms with Crippen molar-refractivity contribution in [3.8, 4) is 11.8 Å². The number of para-hydroxylation sites is 1. The van der Waals surface area contributed by atoms with Crippen molar-refractivity contribution in [3.63, 3.8) is 0 Å². The summed E-state index contributed by atoms with van der Waals surface area (Å²) in [6.07, 6.45) is 0. The van der Waals surface area contributed by atoms with Gasteiger partial charge in [0.1, 0.15) is 0 Å². The van der Waals surface area contributed by atoms with Crippen LogP contribution in [0.2, 0.25) is 0 Å². The summed E-state index contributed by atoms with van der Waals surface area (Å²) < 4.78 is 4.69. The zero-order valence-electron chi connectivity index (χ0n) is 14.5. The van der Waals surface area contributed by atoms with Crippen LogP contribution in [0.5, 0.6) is 0 Å². The Balaban J connectivity index is 2.07. The number of rotatable bonds is 4. The summed E-state index contributed by atoms with van der Waals surface area (Å²) >= 11 is 0. The Morgan fingerprint density at radius 2 is 1.68 bits per heavy atom. The highest BCUT2D eigenvalue weighted by molar-refractivity contribution is 6.05. The van der Waals surface area contributed by atoms with E-state index in [9.17, 15) is 9.59 Å². The molecule has 2 aromatic rings. The molecular weight excluding hydrogens is 316 g/mol. The van der Waals surface area contributed by atoms with E-state index < -0.39 is 5.97 Å². The van der Waals surface area contributed by atoms with Gasteiger partial charge in [-0.3, -0.25) is 4.79 Å². The van der Waals surface area contributed by atoms with Crippen molar-refractivity contribution in [3.05, 3.63) is 65.2 Å². The second-order valence-corrected chi connectivity index (χ2v) is 5.43. The first-order valence-corrected chi connectivity index (χ1v) is 7.75. The van der Waals surface area contributed by atoms with Crippen LogP contribution in [-0.2, 0) is 4.74 Å². The smallest absolute Gasteiger partial charge is 0.338 e. The third-order valence-electron chi connectivity index (χ3n) is 3.52. The molecule has 0 aromatic heterocycles. The molecule has 0 fully saturated rings. The van der Waals surface area contributed by atoms with Gasteiger partial charge in [0.25, 0.3) is 5.91 Å². The fraction of sp³-hybridized carbons (Fsp3) is 0.200. The van der Waals surface area contributed by atoms with Crippen LogP contribution < -0.4 is 10.2 Å². The number of benzene rings is 2. The number of hydrogen-bond acceptors (Lipinski definition) is 4. The van der Waals surface area contributed by atoms with Gasteiger partial charge < -0.3 is 15.0 Å². The molecule has 25 heavy (non-hydrogen) atoms. The zero-order chi connectivity index (χ0) is 18.2. The minimum Gasteiger partial charge on any atom is -0.465 e. The first-order chi connectivity index (χ1) is 12.0. The summed E-state index contributed by atoms with van der Waals surface area (Å²) in [5.74, 6) is 5.08. The lowest BCUT2D eigenvalue weighted by Crippen LogP contribution is -2.25. The number of anilines is 1. The van der Waals surface area contributed by atoms with Crippen LogP contribution >= 0.6 is 0 Å². The average Bonchev–Trinajstić information content (AvgIpc) is 2.64. The molecule has 2 rings (SSSR count). The van der Waals surface area contributed by atoms with Gasteiger partial charge in [0.05, 0.1) is 30.5 Å². The predicted molar refractivity (Wildman–Crippen MR) is 97.8 cm³/mol. The topological polar surface area (TPSA) is 58.6 Å². The molecule has 0 aliphatic rings. The van der Waals surface area contributed by atoms with E-state index in [1.807, 2.05) is 43.3 Å². The van der Waals surface area contributed by atoms with E-state index in [4.69, 9.17) is 4.74 Å². The highest BCUT2D eigenvalue weighted by Gasteiger charge is 2.16. The molecular formula is C20H20N2O3. The summed E-state index contributed by atoms with van der Waals surface area (Å²) in [4.78, 5) is 26.0. The Bertz CT molecular complexity index is 832. The van der Waals surface area contributed by atoms with E-state index in [1.54, 1.807) is 24.3 Å². The van der Waals surface area contributed by atoms with Crippen molar-refractivity contribution in [2.75, 3.05) is 32.6 Å². The number of carbonyl (C=O) groups is 2. The normalized spacial score (nSPS) is 9.56. The Hall–Kier alpha value is -3.26. The number of hydrogen-bond donors (Lipinski definition) is 1. The number of ether oxygens (including phenoxy) is 1. The molecule has 2 aromatic carbocycles. The highest BCUT2D eigenvalue weighted by atomic mass is 16.5. The molecule has 0 bridgehead atoms. The Labute approximate surface area is 147 Å². The average molecular weight is 336 g/mol. The molecule has 0 saturated carbocycles. The molecule has 1 N–H and O–H groups in total. The predicted octanol–water partition coefficient (Wildman–Crippen LogP) is 2.32. The van der Waals surface area contributed by atoms with Gasteiger partial charge in [-0.2, -0.15) is 0 Å². The van der Waals surface area contributed by atoms with E-state index in [0.717, 1.165) is 11.3 Å². The SMILES string of the molecule is COC(=O)c1ccccc1C(=O)NCC#Cc1ccccc1N(C)C. The van der Waals surface area contributed by atoms with Crippen LogP contribution in [0.3, 0.4) is 0 Å². The van der Waals surface area contributed by atoms with Crippen LogP contribution in [-0.4, -0.2) is 39.6 Å². The molecule has 0 atom stereocenters.